The van der Waals surface area contributed by atoms with E-state index in [9.17, 15) is 15.2 Å². The van der Waals surface area contributed by atoms with Gasteiger partial charge in [-0.15, -0.1) is 0 Å². The fourth-order valence-electron chi connectivity index (χ4n) is 4.56. The number of para-hydroxylation sites is 2. The van der Waals surface area contributed by atoms with E-state index in [1.807, 2.05) is 30.3 Å². The predicted molar refractivity (Wildman–Crippen MR) is 142 cm³/mol. The van der Waals surface area contributed by atoms with Crippen LogP contribution in [0, 0.1) is 18.3 Å². The summed E-state index contributed by atoms with van der Waals surface area (Å²) in [5, 5.41) is 19.8. The molecule has 1 unspecified atom stereocenters. The van der Waals surface area contributed by atoms with Gasteiger partial charge in [0.1, 0.15) is 30.1 Å². The van der Waals surface area contributed by atoms with Crippen molar-refractivity contribution in [3.05, 3.63) is 70.1 Å². The van der Waals surface area contributed by atoms with Crippen molar-refractivity contribution < 1.29 is 19.3 Å². The molecule has 0 bridgehead atoms. The third-order valence-electron chi connectivity index (χ3n) is 6.53. The van der Waals surface area contributed by atoms with Crippen molar-refractivity contribution >= 4 is 5.69 Å². The predicted octanol–water partition coefficient (Wildman–Crippen LogP) is 2.80. The number of nitrogens with one attached hydrogen (secondary N) is 1. The molecule has 0 amide bonds. The first-order valence-electron chi connectivity index (χ1n) is 12.2. The van der Waals surface area contributed by atoms with Crippen molar-refractivity contribution in [1.82, 2.24) is 9.88 Å². The SMILES string of the molecule is COc1cc(-c2cc(C#N)c(=O)[nH]c2C)ccc1OCC(O)CN1CCN(c2ccccc2OC)CC1. The van der Waals surface area contributed by atoms with Crippen LogP contribution in [-0.4, -0.2) is 74.6 Å². The Labute approximate surface area is 216 Å². The first-order chi connectivity index (χ1) is 17.9. The Morgan fingerprint density at radius 3 is 2.46 bits per heavy atom. The lowest BCUT2D eigenvalue weighted by Gasteiger charge is -2.37. The second kappa shape index (κ2) is 11.8. The van der Waals surface area contributed by atoms with E-state index in [4.69, 9.17) is 14.2 Å². The molecular formula is C28H32N4O5. The van der Waals surface area contributed by atoms with E-state index in [-0.39, 0.29) is 12.2 Å². The van der Waals surface area contributed by atoms with Gasteiger partial charge in [-0.3, -0.25) is 9.69 Å². The highest BCUT2D eigenvalue weighted by Gasteiger charge is 2.22. The van der Waals surface area contributed by atoms with E-state index in [0.717, 1.165) is 48.7 Å². The fraction of sp³-hybridized carbons (Fsp3) is 0.357. The number of H-pyrrole nitrogens is 1. The number of benzene rings is 2. The van der Waals surface area contributed by atoms with Crippen LogP contribution in [0.4, 0.5) is 5.69 Å². The van der Waals surface area contributed by atoms with Crippen LogP contribution in [-0.2, 0) is 0 Å². The number of aryl methyl sites for hydroxylation is 1. The average molecular weight is 505 g/mol. The second-order valence-electron chi connectivity index (χ2n) is 8.95. The second-order valence-corrected chi connectivity index (χ2v) is 8.95. The van der Waals surface area contributed by atoms with Gasteiger partial charge < -0.3 is 29.2 Å². The zero-order chi connectivity index (χ0) is 26.4. The molecule has 2 N–H and O–H groups in total. The Kier molecular flexibility index (Phi) is 8.33. The van der Waals surface area contributed by atoms with Crippen LogP contribution in [0.3, 0.4) is 0 Å². The van der Waals surface area contributed by atoms with E-state index < -0.39 is 11.7 Å². The Hall–Kier alpha value is -4.00. The van der Waals surface area contributed by atoms with Gasteiger partial charge in [-0.2, -0.15) is 5.26 Å². The normalized spacial score (nSPS) is 14.6. The lowest BCUT2D eigenvalue weighted by atomic mass is 10.0. The maximum atomic E-state index is 11.9. The van der Waals surface area contributed by atoms with E-state index in [1.54, 1.807) is 39.3 Å². The van der Waals surface area contributed by atoms with Gasteiger partial charge in [0.15, 0.2) is 11.5 Å². The molecule has 37 heavy (non-hydrogen) atoms. The summed E-state index contributed by atoms with van der Waals surface area (Å²) in [6.45, 7) is 5.77. The molecule has 0 saturated carbocycles. The molecule has 0 radical (unpaired) electrons. The number of hydrogen-bond acceptors (Lipinski definition) is 8. The number of β-amino-alcohol motifs (C(OH)–C–C–N with tert-alkyl or cyclic N) is 1. The van der Waals surface area contributed by atoms with Crippen LogP contribution >= 0.6 is 0 Å². The Morgan fingerprint density at radius 1 is 1.03 bits per heavy atom. The molecule has 194 valence electrons. The molecule has 9 heteroatoms. The van der Waals surface area contributed by atoms with Crippen LogP contribution in [0.1, 0.15) is 11.3 Å². The molecule has 1 aliphatic heterocycles. The molecule has 2 heterocycles. The van der Waals surface area contributed by atoms with Crippen molar-refractivity contribution in [3.8, 4) is 34.4 Å². The molecule has 1 aliphatic rings. The molecule has 2 aromatic carbocycles. The maximum absolute atomic E-state index is 11.9. The minimum absolute atomic E-state index is 0.0479. The van der Waals surface area contributed by atoms with Crippen LogP contribution < -0.4 is 24.7 Å². The van der Waals surface area contributed by atoms with Gasteiger partial charge in [0.2, 0.25) is 0 Å². The van der Waals surface area contributed by atoms with Crippen LogP contribution in [0.25, 0.3) is 11.1 Å². The van der Waals surface area contributed by atoms with Crippen molar-refractivity contribution in [2.24, 2.45) is 0 Å². The highest BCUT2D eigenvalue weighted by atomic mass is 16.5. The summed E-state index contributed by atoms with van der Waals surface area (Å²) in [6, 6.07) is 16.9. The molecule has 1 saturated heterocycles. The van der Waals surface area contributed by atoms with E-state index in [0.29, 0.717) is 23.7 Å². The minimum Gasteiger partial charge on any atom is -0.495 e. The fourth-order valence-corrected chi connectivity index (χ4v) is 4.56. The number of aliphatic hydroxyl groups excluding tert-OH is 1. The lowest BCUT2D eigenvalue weighted by molar-refractivity contribution is 0.0653. The molecular weight excluding hydrogens is 472 g/mol. The third kappa shape index (κ3) is 6.05. The molecule has 1 aromatic heterocycles. The van der Waals surface area contributed by atoms with E-state index in [2.05, 4.69) is 20.9 Å². The smallest absolute Gasteiger partial charge is 0.266 e. The summed E-state index contributed by atoms with van der Waals surface area (Å²) in [5.41, 5.74) is 2.89. The largest absolute Gasteiger partial charge is 0.495 e. The maximum Gasteiger partial charge on any atom is 0.266 e. The van der Waals surface area contributed by atoms with Gasteiger partial charge >= 0.3 is 0 Å². The van der Waals surface area contributed by atoms with Crippen LogP contribution in [0.5, 0.6) is 17.2 Å². The number of nitriles is 1. The Balaban J connectivity index is 1.34. The Morgan fingerprint density at radius 2 is 1.76 bits per heavy atom. The number of pyridine rings is 1. The molecule has 1 atom stereocenters. The van der Waals surface area contributed by atoms with Gasteiger partial charge in [0.05, 0.1) is 19.9 Å². The number of aromatic nitrogens is 1. The van der Waals surface area contributed by atoms with Gasteiger partial charge in [0.25, 0.3) is 5.56 Å². The summed E-state index contributed by atoms with van der Waals surface area (Å²) in [4.78, 5) is 19.1. The minimum atomic E-state index is -0.665. The number of anilines is 1. The molecule has 3 aromatic rings. The van der Waals surface area contributed by atoms with Crippen LogP contribution in [0.2, 0.25) is 0 Å². The first-order valence-corrected chi connectivity index (χ1v) is 12.2. The number of methoxy groups -OCH3 is 2. The van der Waals surface area contributed by atoms with E-state index >= 15 is 0 Å². The summed E-state index contributed by atoms with van der Waals surface area (Å²) in [5.74, 6) is 1.87. The number of piperazine rings is 1. The first kappa shape index (κ1) is 26.1. The molecule has 0 aliphatic carbocycles. The highest BCUT2D eigenvalue weighted by molar-refractivity contribution is 5.70. The summed E-state index contributed by atoms with van der Waals surface area (Å²) in [6.07, 6.45) is -0.665. The van der Waals surface area contributed by atoms with Gasteiger partial charge in [-0.25, -0.2) is 0 Å². The molecule has 0 spiro atoms. The molecule has 4 rings (SSSR count). The number of nitrogens with zero attached hydrogens (tertiary/aromatic N) is 3. The average Bonchev–Trinajstić information content (AvgIpc) is 2.92. The lowest BCUT2D eigenvalue weighted by Crippen LogP contribution is -2.49. The summed E-state index contributed by atoms with van der Waals surface area (Å²) < 4.78 is 16.9. The number of ether oxygens (including phenoxy) is 3. The zero-order valence-corrected chi connectivity index (χ0v) is 21.4. The number of aromatic amines is 1. The number of aliphatic hydroxyl groups is 1. The van der Waals surface area contributed by atoms with Crippen molar-refractivity contribution in [3.63, 3.8) is 0 Å². The number of rotatable bonds is 9. The Bertz CT molecular complexity index is 1320. The van der Waals surface area contributed by atoms with Crippen molar-refractivity contribution in [2.75, 3.05) is 58.5 Å². The van der Waals surface area contributed by atoms with Crippen molar-refractivity contribution in [2.45, 2.75) is 13.0 Å². The summed E-state index contributed by atoms with van der Waals surface area (Å²) >= 11 is 0. The monoisotopic (exact) mass is 504 g/mol. The molecule has 1 fully saturated rings. The van der Waals surface area contributed by atoms with E-state index in [1.165, 1.54) is 0 Å². The van der Waals surface area contributed by atoms with Gasteiger partial charge in [0, 0.05) is 44.0 Å². The number of hydrogen-bond donors (Lipinski definition) is 2. The third-order valence-corrected chi connectivity index (χ3v) is 6.53. The standard InChI is InChI=1S/C28H32N4O5/c1-19-23(14-21(16-29)28(34)30-19)20-8-9-26(27(15-20)36-3)37-18-22(33)17-31-10-12-32(13-11-31)24-6-4-5-7-25(24)35-2/h4-9,14-15,22,33H,10-13,17-18H2,1-3H3,(H,30,34). The van der Waals surface area contributed by atoms with Crippen LogP contribution in [0.15, 0.2) is 53.3 Å². The topological polar surface area (TPSA) is 111 Å². The quantitative estimate of drug-likeness (QED) is 0.458. The summed E-state index contributed by atoms with van der Waals surface area (Å²) in [7, 11) is 3.23. The van der Waals surface area contributed by atoms with Crippen molar-refractivity contribution in [1.29, 1.82) is 5.26 Å². The van der Waals surface area contributed by atoms with Gasteiger partial charge in [-0.05, 0) is 42.8 Å². The van der Waals surface area contributed by atoms with Gasteiger partial charge in [-0.1, -0.05) is 18.2 Å². The molecule has 9 nitrogen and oxygen atoms in total. The highest BCUT2D eigenvalue weighted by Crippen LogP contribution is 2.33. The zero-order valence-electron chi connectivity index (χ0n) is 21.4.